The van der Waals surface area contributed by atoms with Crippen molar-refractivity contribution < 1.29 is 32.9 Å². The lowest BCUT2D eigenvalue weighted by Gasteiger charge is -2.31. The number of methoxy groups -OCH3 is 1. The summed E-state index contributed by atoms with van der Waals surface area (Å²) in [4.78, 5) is 11.2. The van der Waals surface area contributed by atoms with Gasteiger partial charge in [0.25, 0.3) is 5.60 Å². The van der Waals surface area contributed by atoms with Crippen molar-refractivity contribution in [2.45, 2.75) is 30.7 Å². The van der Waals surface area contributed by atoms with Gasteiger partial charge in [0.2, 0.25) is 0 Å². The third kappa shape index (κ3) is 3.29. The number of aliphatic hydroxyl groups excluding tert-OH is 1. The molecule has 0 saturated heterocycles. The van der Waals surface area contributed by atoms with Crippen LogP contribution < -0.4 is 0 Å². The lowest BCUT2D eigenvalue weighted by molar-refractivity contribution is -0.287. The van der Waals surface area contributed by atoms with Gasteiger partial charge in [0, 0.05) is 0 Å². The van der Waals surface area contributed by atoms with Gasteiger partial charge in [-0.2, -0.15) is 13.2 Å². The molecular formula is C13H15F3O4. The van der Waals surface area contributed by atoms with Gasteiger partial charge < -0.3 is 14.9 Å². The van der Waals surface area contributed by atoms with Crippen molar-refractivity contribution >= 4 is 5.97 Å². The SMILES string of the molecule is COC(=O)C(O)(C(O)CCc1ccccc1)C(F)(F)F. The Morgan fingerprint density at radius 3 is 2.30 bits per heavy atom. The van der Waals surface area contributed by atoms with Crippen molar-refractivity contribution in [3.05, 3.63) is 35.9 Å². The van der Waals surface area contributed by atoms with Crippen LogP contribution in [-0.2, 0) is 16.0 Å². The first-order valence-electron chi connectivity index (χ1n) is 5.83. The van der Waals surface area contributed by atoms with Gasteiger partial charge in [-0.05, 0) is 18.4 Å². The van der Waals surface area contributed by atoms with Crippen LogP contribution in [0, 0.1) is 0 Å². The first-order chi connectivity index (χ1) is 9.23. The summed E-state index contributed by atoms with van der Waals surface area (Å²) in [5.41, 5.74) is -3.24. The van der Waals surface area contributed by atoms with Gasteiger partial charge in [0.05, 0.1) is 7.11 Å². The molecule has 0 fully saturated rings. The number of benzene rings is 1. The van der Waals surface area contributed by atoms with Crippen molar-refractivity contribution in [1.29, 1.82) is 0 Å². The van der Waals surface area contributed by atoms with Gasteiger partial charge in [0.15, 0.2) is 0 Å². The standard InChI is InChI=1S/C13H15F3O4/c1-20-11(18)12(19,13(14,15)16)10(17)8-7-9-5-3-2-4-6-9/h2-6,10,17,19H,7-8H2,1H3. The first-order valence-corrected chi connectivity index (χ1v) is 5.83. The zero-order chi connectivity index (χ0) is 15.4. The summed E-state index contributed by atoms with van der Waals surface area (Å²) in [6, 6.07) is 8.45. The lowest BCUT2D eigenvalue weighted by atomic mass is 9.91. The topological polar surface area (TPSA) is 66.8 Å². The van der Waals surface area contributed by atoms with E-state index in [9.17, 15) is 28.2 Å². The molecule has 2 atom stereocenters. The van der Waals surface area contributed by atoms with Crippen LogP contribution in [0.5, 0.6) is 0 Å². The second-order valence-corrected chi connectivity index (χ2v) is 4.30. The smallest absolute Gasteiger partial charge is 0.430 e. The third-order valence-electron chi connectivity index (χ3n) is 2.96. The van der Waals surface area contributed by atoms with E-state index < -0.39 is 30.3 Å². The second-order valence-electron chi connectivity index (χ2n) is 4.30. The number of hydrogen-bond acceptors (Lipinski definition) is 4. The summed E-state index contributed by atoms with van der Waals surface area (Å²) < 4.78 is 42.4. The summed E-state index contributed by atoms with van der Waals surface area (Å²) in [6.45, 7) is 0. The number of hydrogen-bond donors (Lipinski definition) is 2. The van der Waals surface area contributed by atoms with E-state index in [1.807, 2.05) is 0 Å². The monoisotopic (exact) mass is 292 g/mol. The highest BCUT2D eigenvalue weighted by Gasteiger charge is 2.64. The van der Waals surface area contributed by atoms with Crippen molar-refractivity contribution in [1.82, 2.24) is 0 Å². The molecule has 2 unspecified atom stereocenters. The number of rotatable bonds is 5. The van der Waals surface area contributed by atoms with Crippen LogP contribution >= 0.6 is 0 Å². The van der Waals surface area contributed by atoms with E-state index in [0.29, 0.717) is 12.7 Å². The molecule has 112 valence electrons. The predicted molar refractivity (Wildman–Crippen MR) is 63.8 cm³/mol. The fraction of sp³-hybridized carbons (Fsp3) is 0.462. The van der Waals surface area contributed by atoms with Crippen LogP contribution in [0.25, 0.3) is 0 Å². The van der Waals surface area contributed by atoms with E-state index in [-0.39, 0.29) is 6.42 Å². The molecule has 1 aromatic carbocycles. The fourth-order valence-corrected chi connectivity index (χ4v) is 1.75. The van der Waals surface area contributed by atoms with E-state index in [0.717, 1.165) is 0 Å². The normalized spacial score (nSPS) is 16.3. The van der Waals surface area contributed by atoms with Crippen molar-refractivity contribution in [3.8, 4) is 0 Å². The van der Waals surface area contributed by atoms with E-state index in [1.54, 1.807) is 30.3 Å². The van der Waals surface area contributed by atoms with Crippen LogP contribution in [0.2, 0.25) is 0 Å². The van der Waals surface area contributed by atoms with Crippen molar-refractivity contribution in [3.63, 3.8) is 0 Å². The summed E-state index contributed by atoms with van der Waals surface area (Å²) >= 11 is 0. The van der Waals surface area contributed by atoms with Crippen molar-refractivity contribution in [2.75, 3.05) is 7.11 Å². The molecule has 7 heteroatoms. The molecule has 0 aliphatic carbocycles. The molecule has 1 rings (SSSR count). The van der Waals surface area contributed by atoms with Gasteiger partial charge in [-0.3, -0.25) is 0 Å². The number of esters is 1. The fourth-order valence-electron chi connectivity index (χ4n) is 1.75. The molecule has 0 saturated carbocycles. The molecule has 2 N–H and O–H groups in total. The molecule has 0 aliphatic heterocycles. The minimum Gasteiger partial charge on any atom is -0.467 e. The van der Waals surface area contributed by atoms with Crippen LogP contribution in [-0.4, -0.2) is 41.2 Å². The number of carbonyl (C=O) groups excluding carboxylic acids is 1. The molecule has 0 aromatic heterocycles. The maximum atomic E-state index is 12.8. The van der Waals surface area contributed by atoms with Crippen LogP contribution in [0.1, 0.15) is 12.0 Å². The zero-order valence-corrected chi connectivity index (χ0v) is 10.7. The summed E-state index contributed by atoms with van der Waals surface area (Å²) in [6.07, 6.45) is -7.99. The number of aryl methyl sites for hydroxylation is 1. The number of aliphatic hydroxyl groups is 2. The van der Waals surface area contributed by atoms with Gasteiger partial charge in [0.1, 0.15) is 6.10 Å². The van der Waals surface area contributed by atoms with Gasteiger partial charge in [-0.15, -0.1) is 0 Å². The zero-order valence-electron chi connectivity index (χ0n) is 10.7. The number of alkyl halides is 3. The average molecular weight is 292 g/mol. The molecular weight excluding hydrogens is 277 g/mol. The minimum atomic E-state index is -5.32. The Morgan fingerprint density at radius 1 is 1.30 bits per heavy atom. The Kier molecular flexibility index (Phi) is 5.13. The second kappa shape index (κ2) is 6.23. The van der Waals surface area contributed by atoms with Crippen LogP contribution in [0.3, 0.4) is 0 Å². The lowest BCUT2D eigenvalue weighted by Crippen LogP contribution is -2.60. The molecule has 4 nitrogen and oxygen atoms in total. The van der Waals surface area contributed by atoms with E-state index in [1.165, 1.54) is 0 Å². The molecule has 0 amide bonds. The first kappa shape index (κ1) is 16.5. The molecule has 0 aliphatic rings. The van der Waals surface area contributed by atoms with E-state index in [2.05, 4.69) is 4.74 Å². The maximum absolute atomic E-state index is 12.8. The Balaban J connectivity index is 2.85. The van der Waals surface area contributed by atoms with Crippen LogP contribution in [0.4, 0.5) is 13.2 Å². The predicted octanol–water partition coefficient (Wildman–Crippen LogP) is 1.45. The Morgan fingerprint density at radius 2 is 1.85 bits per heavy atom. The molecule has 0 spiro atoms. The Bertz CT molecular complexity index is 447. The van der Waals surface area contributed by atoms with Crippen LogP contribution in [0.15, 0.2) is 30.3 Å². The number of carbonyl (C=O) groups is 1. The summed E-state index contributed by atoms with van der Waals surface area (Å²) in [5, 5.41) is 19.1. The van der Waals surface area contributed by atoms with Gasteiger partial charge in [-0.1, -0.05) is 30.3 Å². The number of halogens is 3. The number of ether oxygens (including phenoxy) is 1. The molecule has 0 radical (unpaired) electrons. The highest BCUT2D eigenvalue weighted by atomic mass is 19.4. The quantitative estimate of drug-likeness (QED) is 0.806. The highest BCUT2D eigenvalue weighted by molar-refractivity contribution is 5.81. The molecule has 0 heterocycles. The maximum Gasteiger partial charge on any atom is 0.430 e. The van der Waals surface area contributed by atoms with Gasteiger partial charge >= 0.3 is 12.1 Å². The Labute approximate surface area is 113 Å². The van der Waals surface area contributed by atoms with E-state index in [4.69, 9.17) is 0 Å². The van der Waals surface area contributed by atoms with E-state index >= 15 is 0 Å². The largest absolute Gasteiger partial charge is 0.467 e. The minimum absolute atomic E-state index is 0.0807. The average Bonchev–Trinajstić information content (AvgIpc) is 2.42. The molecule has 1 aromatic rings. The molecule has 20 heavy (non-hydrogen) atoms. The summed E-state index contributed by atoms with van der Waals surface area (Å²) in [7, 11) is 0.711. The third-order valence-corrected chi connectivity index (χ3v) is 2.96. The summed E-state index contributed by atoms with van der Waals surface area (Å²) in [5.74, 6) is -1.93. The van der Waals surface area contributed by atoms with Gasteiger partial charge in [-0.25, -0.2) is 4.79 Å². The highest BCUT2D eigenvalue weighted by Crippen LogP contribution is 2.35. The Hall–Kier alpha value is -1.60. The molecule has 0 bridgehead atoms. The van der Waals surface area contributed by atoms with Crippen molar-refractivity contribution in [2.24, 2.45) is 0 Å².